The summed E-state index contributed by atoms with van der Waals surface area (Å²) in [7, 11) is 0. The minimum Gasteiger partial charge on any atom is -0.327 e. The van der Waals surface area contributed by atoms with Crippen LogP contribution in [0.4, 0.5) is 10.1 Å². The Kier molecular flexibility index (Phi) is 3.73. The second kappa shape index (κ2) is 5.69. The van der Waals surface area contributed by atoms with E-state index in [0.29, 0.717) is 10.7 Å². The summed E-state index contributed by atoms with van der Waals surface area (Å²) in [6.07, 6.45) is 1.47. The van der Waals surface area contributed by atoms with Crippen LogP contribution in [0, 0.1) is 12.7 Å². The van der Waals surface area contributed by atoms with Gasteiger partial charge >= 0.3 is 0 Å². The number of halogens is 1. The number of carbonyl (C=O) groups excluding carboxylic acids is 1. The van der Waals surface area contributed by atoms with Crippen LogP contribution < -0.4 is 10.2 Å². The maximum absolute atomic E-state index is 13.7. The first-order valence-corrected chi connectivity index (χ1v) is 7.16. The van der Waals surface area contributed by atoms with E-state index in [1.807, 2.05) is 31.2 Å². The first kappa shape index (κ1) is 14.4. The second-order valence-corrected chi connectivity index (χ2v) is 5.32. The summed E-state index contributed by atoms with van der Waals surface area (Å²) in [5, 5.41) is 3.15. The molecule has 3 rings (SSSR count). The fourth-order valence-electron chi connectivity index (χ4n) is 2.32. The van der Waals surface area contributed by atoms with Crippen molar-refractivity contribution in [1.29, 1.82) is 0 Å². The van der Waals surface area contributed by atoms with Gasteiger partial charge in [-0.2, -0.15) is 0 Å². The highest BCUT2D eigenvalue weighted by Crippen LogP contribution is 2.25. The van der Waals surface area contributed by atoms with Crippen molar-refractivity contribution in [1.82, 2.24) is 5.32 Å². The van der Waals surface area contributed by atoms with Crippen LogP contribution >= 0.6 is 12.2 Å². The molecule has 0 saturated carbocycles. The molecule has 1 amide bonds. The highest BCUT2D eigenvalue weighted by molar-refractivity contribution is 7.80. The van der Waals surface area contributed by atoms with E-state index < -0.39 is 0 Å². The Morgan fingerprint density at radius 1 is 1.14 bits per heavy atom. The van der Waals surface area contributed by atoms with Gasteiger partial charge in [0.2, 0.25) is 0 Å². The summed E-state index contributed by atoms with van der Waals surface area (Å²) >= 11 is 5.24. The maximum atomic E-state index is 13.7. The van der Waals surface area contributed by atoms with Crippen LogP contribution in [0.1, 0.15) is 11.1 Å². The molecule has 0 atom stereocenters. The fourth-order valence-corrected chi connectivity index (χ4v) is 2.61. The van der Waals surface area contributed by atoms with Gasteiger partial charge in [0.05, 0.1) is 5.69 Å². The molecule has 110 valence electrons. The van der Waals surface area contributed by atoms with Crippen LogP contribution in [-0.4, -0.2) is 11.0 Å². The van der Waals surface area contributed by atoms with Crippen molar-refractivity contribution in [3.05, 3.63) is 71.2 Å². The number of nitrogens with zero attached hydrogens (tertiary/aromatic N) is 1. The number of nitrogens with one attached hydrogen (secondary N) is 1. The third kappa shape index (κ3) is 2.51. The quantitative estimate of drug-likeness (QED) is 0.681. The predicted octanol–water partition coefficient (Wildman–Crippen LogP) is 3.40. The van der Waals surface area contributed by atoms with Crippen molar-refractivity contribution < 1.29 is 9.18 Å². The molecule has 1 heterocycles. The number of carbonyl (C=O) groups is 1. The van der Waals surface area contributed by atoms with Crippen LogP contribution in [0.5, 0.6) is 0 Å². The van der Waals surface area contributed by atoms with Crippen LogP contribution in [0.25, 0.3) is 6.08 Å². The van der Waals surface area contributed by atoms with Crippen molar-refractivity contribution in [2.45, 2.75) is 6.92 Å². The van der Waals surface area contributed by atoms with Gasteiger partial charge in [-0.05, 0) is 42.9 Å². The first-order valence-electron chi connectivity index (χ1n) is 6.75. The Balaban J connectivity index is 1.99. The molecule has 0 bridgehead atoms. The normalized spacial score (nSPS) is 16.3. The predicted molar refractivity (Wildman–Crippen MR) is 88.8 cm³/mol. The van der Waals surface area contributed by atoms with E-state index in [1.54, 1.807) is 18.2 Å². The lowest BCUT2D eigenvalue weighted by Gasteiger charge is -2.16. The third-order valence-corrected chi connectivity index (χ3v) is 3.72. The van der Waals surface area contributed by atoms with Gasteiger partial charge in [-0.1, -0.05) is 36.4 Å². The number of anilines is 1. The molecule has 22 heavy (non-hydrogen) atoms. The largest absolute Gasteiger partial charge is 0.327 e. The number of hydrogen-bond donors (Lipinski definition) is 1. The van der Waals surface area contributed by atoms with Crippen molar-refractivity contribution in [3.63, 3.8) is 0 Å². The molecule has 2 aromatic rings. The van der Waals surface area contributed by atoms with Crippen molar-refractivity contribution in [2.24, 2.45) is 0 Å². The smallest absolute Gasteiger partial charge is 0.281 e. The van der Waals surface area contributed by atoms with Gasteiger partial charge in [-0.25, -0.2) is 4.39 Å². The van der Waals surface area contributed by atoms with E-state index in [0.717, 1.165) is 11.3 Å². The number of amides is 1. The lowest BCUT2D eigenvalue weighted by molar-refractivity contribution is -0.113. The first-order chi connectivity index (χ1) is 10.6. The molecule has 1 fully saturated rings. The lowest BCUT2D eigenvalue weighted by Crippen LogP contribution is -2.30. The number of benzene rings is 2. The van der Waals surface area contributed by atoms with E-state index in [4.69, 9.17) is 12.2 Å². The molecule has 1 saturated heterocycles. The standard InChI is InChI=1S/C17H13FN2OS/c1-11-6-2-5-9-15(11)20-16(21)14(19-17(20)22)10-12-7-3-4-8-13(12)18/h2-10H,1H3,(H,19,22)/b14-10+. The summed E-state index contributed by atoms with van der Waals surface area (Å²) in [6.45, 7) is 1.91. The van der Waals surface area contributed by atoms with Gasteiger partial charge in [0.25, 0.3) is 5.91 Å². The fraction of sp³-hybridized carbons (Fsp3) is 0.0588. The molecule has 3 nitrogen and oxygen atoms in total. The van der Waals surface area contributed by atoms with Crippen molar-refractivity contribution in [3.8, 4) is 0 Å². The molecule has 0 aliphatic carbocycles. The molecule has 1 aliphatic rings. The Bertz CT molecular complexity index is 801. The van der Waals surface area contributed by atoms with E-state index in [9.17, 15) is 9.18 Å². The van der Waals surface area contributed by atoms with Crippen molar-refractivity contribution in [2.75, 3.05) is 4.90 Å². The summed E-state index contributed by atoms with van der Waals surface area (Å²) in [4.78, 5) is 14.0. The zero-order valence-corrected chi connectivity index (χ0v) is 12.7. The maximum Gasteiger partial charge on any atom is 0.281 e. The van der Waals surface area contributed by atoms with Crippen molar-refractivity contribution >= 4 is 35.0 Å². The molecular formula is C17H13FN2OS. The average Bonchev–Trinajstić information content (AvgIpc) is 2.77. The van der Waals surface area contributed by atoms with Gasteiger partial charge < -0.3 is 5.32 Å². The molecule has 1 aliphatic heterocycles. The van der Waals surface area contributed by atoms with Gasteiger partial charge in [0, 0.05) is 5.56 Å². The SMILES string of the molecule is Cc1ccccc1N1C(=O)/C(=C\c2ccccc2F)NC1=S. The van der Waals surface area contributed by atoms with Gasteiger partial charge in [0.1, 0.15) is 11.5 Å². The number of hydrogen-bond acceptors (Lipinski definition) is 2. The Hall–Kier alpha value is -2.53. The number of para-hydroxylation sites is 1. The number of aryl methyl sites for hydroxylation is 1. The topological polar surface area (TPSA) is 32.3 Å². The molecular weight excluding hydrogens is 299 g/mol. The Labute approximate surface area is 133 Å². The molecule has 0 radical (unpaired) electrons. The number of thiocarbonyl (C=S) groups is 1. The summed E-state index contributed by atoms with van der Waals surface area (Å²) in [6, 6.07) is 13.7. The summed E-state index contributed by atoms with van der Waals surface area (Å²) in [5.74, 6) is -0.674. The molecule has 0 unspecified atom stereocenters. The minimum absolute atomic E-state index is 0.262. The highest BCUT2D eigenvalue weighted by Gasteiger charge is 2.32. The summed E-state index contributed by atoms with van der Waals surface area (Å²) in [5.41, 5.74) is 2.26. The number of rotatable bonds is 2. The van der Waals surface area contributed by atoms with Crippen LogP contribution in [0.3, 0.4) is 0 Å². The zero-order valence-electron chi connectivity index (χ0n) is 11.8. The Morgan fingerprint density at radius 3 is 2.55 bits per heavy atom. The van der Waals surface area contributed by atoms with E-state index in [1.165, 1.54) is 17.0 Å². The Morgan fingerprint density at radius 2 is 1.82 bits per heavy atom. The van der Waals surface area contributed by atoms with E-state index in [2.05, 4.69) is 5.32 Å². The monoisotopic (exact) mass is 312 g/mol. The molecule has 0 spiro atoms. The van der Waals surface area contributed by atoms with Crippen LogP contribution in [0.2, 0.25) is 0 Å². The zero-order chi connectivity index (χ0) is 15.7. The molecule has 1 N–H and O–H groups in total. The highest BCUT2D eigenvalue weighted by atomic mass is 32.1. The molecule has 5 heteroatoms. The van der Waals surface area contributed by atoms with Gasteiger partial charge in [0.15, 0.2) is 5.11 Å². The van der Waals surface area contributed by atoms with E-state index in [-0.39, 0.29) is 17.4 Å². The van der Waals surface area contributed by atoms with Crippen LogP contribution in [-0.2, 0) is 4.79 Å². The minimum atomic E-state index is -0.384. The van der Waals surface area contributed by atoms with Crippen LogP contribution in [0.15, 0.2) is 54.2 Å². The third-order valence-electron chi connectivity index (χ3n) is 3.44. The average molecular weight is 312 g/mol. The molecule has 0 aromatic heterocycles. The van der Waals surface area contributed by atoms with Gasteiger partial charge in [-0.15, -0.1) is 0 Å². The van der Waals surface area contributed by atoms with Gasteiger partial charge in [-0.3, -0.25) is 9.69 Å². The summed E-state index contributed by atoms with van der Waals surface area (Å²) < 4.78 is 13.7. The lowest BCUT2D eigenvalue weighted by atomic mass is 10.1. The second-order valence-electron chi connectivity index (χ2n) is 4.94. The molecule has 2 aromatic carbocycles. The van der Waals surface area contributed by atoms with E-state index >= 15 is 0 Å².